The fraction of sp³-hybridized carbons (Fsp3) is 0.905. The summed E-state index contributed by atoms with van der Waals surface area (Å²) in [5.41, 5.74) is 0.715. The highest BCUT2D eigenvalue weighted by Crippen LogP contribution is 2.52. The van der Waals surface area contributed by atoms with Gasteiger partial charge >= 0.3 is 0 Å². The molecule has 0 N–H and O–H groups in total. The number of nitrogens with zero attached hydrogens (tertiary/aromatic N) is 1. The van der Waals surface area contributed by atoms with E-state index in [1.54, 1.807) is 0 Å². The van der Waals surface area contributed by atoms with Gasteiger partial charge in [-0.3, -0.25) is 4.90 Å². The zero-order valence-corrected chi connectivity index (χ0v) is 16.1. The minimum atomic E-state index is -0.250. The van der Waals surface area contributed by atoms with Crippen LogP contribution in [0.5, 0.6) is 0 Å². The van der Waals surface area contributed by atoms with Gasteiger partial charge in [-0.05, 0) is 70.1 Å². The lowest BCUT2D eigenvalue weighted by Crippen LogP contribution is -2.42. The molecule has 2 aliphatic heterocycles. The Morgan fingerprint density at radius 3 is 2.48 bits per heavy atom. The van der Waals surface area contributed by atoms with Crippen molar-refractivity contribution in [1.82, 2.24) is 4.90 Å². The largest absolute Gasteiger partial charge is 0.357 e. The maximum atomic E-state index is 6.27. The minimum Gasteiger partial charge on any atom is -0.357 e. The van der Waals surface area contributed by atoms with Crippen LogP contribution in [-0.2, 0) is 4.74 Å². The molecule has 0 aromatic heterocycles. The van der Waals surface area contributed by atoms with Crippen molar-refractivity contribution in [1.29, 1.82) is 0 Å². The lowest BCUT2D eigenvalue weighted by molar-refractivity contribution is -0.135. The van der Waals surface area contributed by atoms with Crippen LogP contribution < -0.4 is 0 Å². The smallest absolute Gasteiger partial charge is 0.126 e. The maximum Gasteiger partial charge on any atom is 0.126 e. The number of hydrogen-bond acceptors (Lipinski definition) is 2. The Hall–Kier alpha value is -0.520. The average molecular weight is 318 g/mol. The monoisotopic (exact) mass is 317 g/mol. The van der Waals surface area contributed by atoms with Gasteiger partial charge in [0.05, 0.1) is 12.1 Å². The topological polar surface area (TPSA) is 12.5 Å². The molecule has 1 saturated carbocycles. The molecular weight excluding hydrogens is 282 g/mol. The molecule has 3 fully saturated rings. The SMILES string of the molecule is CC1(C)C[C@H]2C[C@@](C)(CN2CC#C[C@]2(C)CCCC(C)(C)O2)C1. The Bertz CT molecular complexity index is 526. The van der Waals surface area contributed by atoms with Gasteiger partial charge in [0.15, 0.2) is 0 Å². The first-order valence-corrected chi connectivity index (χ1v) is 9.44. The molecule has 0 aromatic rings. The molecule has 0 amide bonds. The quantitative estimate of drug-likeness (QED) is 0.654. The summed E-state index contributed by atoms with van der Waals surface area (Å²) in [6, 6.07) is 0.731. The summed E-state index contributed by atoms with van der Waals surface area (Å²) in [4.78, 5) is 2.64. The van der Waals surface area contributed by atoms with E-state index >= 15 is 0 Å². The summed E-state index contributed by atoms with van der Waals surface area (Å²) < 4.78 is 6.27. The molecule has 3 atom stereocenters. The van der Waals surface area contributed by atoms with Crippen molar-refractivity contribution in [3.8, 4) is 11.8 Å². The first-order valence-electron chi connectivity index (χ1n) is 9.44. The minimum absolute atomic E-state index is 0.0244. The molecule has 2 bridgehead atoms. The van der Waals surface area contributed by atoms with Crippen molar-refractivity contribution < 1.29 is 4.74 Å². The maximum absolute atomic E-state index is 6.27. The number of fused-ring (bicyclic) bond motifs is 2. The predicted octanol–water partition coefficient (Wildman–Crippen LogP) is 4.63. The van der Waals surface area contributed by atoms with Gasteiger partial charge in [0.1, 0.15) is 5.60 Å². The normalized spacial score (nSPS) is 42.1. The van der Waals surface area contributed by atoms with Crippen molar-refractivity contribution in [2.24, 2.45) is 10.8 Å². The van der Waals surface area contributed by atoms with E-state index in [2.05, 4.69) is 58.3 Å². The molecule has 0 unspecified atom stereocenters. The molecule has 3 aliphatic rings. The van der Waals surface area contributed by atoms with Crippen LogP contribution in [0.1, 0.15) is 80.1 Å². The van der Waals surface area contributed by atoms with E-state index in [1.807, 2.05) is 0 Å². The van der Waals surface area contributed by atoms with Crippen LogP contribution in [0.2, 0.25) is 0 Å². The Labute approximate surface area is 143 Å². The van der Waals surface area contributed by atoms with Crippen LogP contribution in [-0.4, -0.2) is 35.2 Å². The van der Waals surface area contributed by atoms with Gasteiger partial charge in [0.2, 0.25) is 0 Å². The van der Waals surface area contributed by atoms with E-state index in [0.717, 1.165) is 25.4 Å². The molecule has 0 radical (unpaired) electrons. The van der Waals surface area contributed by atoms with Crippen LogP contribution in [0, 0.1) is 22.7 Å². The first-order chi connectivity index (χ1) is 10.5. The second-order valence-electron chi connectivity index (χ2n) is 10.4. The third-order valence-corrected chi connectivity index (χ3v) is 6.09. The van der Waals surface area contributed by atoms with Crippen molar-refractivity contribution in [3.05, 3.63) is 0 Å². The Morgan fingerprint density at radius 1 is 1.04 bits per heavy atom. The third-order valence-electron chi connectivity index (χ3n) is 6.09. The van der Waals surface area contributed by atoms with Crippen LogP contribution >= 0.6 is 0 Å². The lowest BCUT2D eigenvalue weighted by atomic mass is 9.65. The second-order valence-corrected chi connectivity index (χ2v) is 10.4. The molecule has 2 heterocycles. The van der Waals surface area contributed by atoms with E-state index in [4.69, 9.17) is 4.74 Å². The molecule has 23 heavy (non-hydrogen) atoms. The van der Waals surface area contributed by atoms with Gasteiger partial charge in [-0.25, -0.2) is 0 Å². The van der Waals surface area contributed by atoms with Gasteiger partial charge in [0.25, 0.3) is 0 Å². The molecule has 2 heteroatoms. The first kappa shape index (κ1) is 17.3. The van der Waals surface area contributed by atoms with Crippen LogP contribution in [0.15, 0.2) is 0 Å². The van der Waals surface area contributed by atoms with Crippen molar-refractivity contribution in [2.75, 3.05) is 13.1 Å². The van der Waals surface area contributed by atoms with Gasteiger partial charge in [-0.15, -0.1) is 0 Å². The summed E-state index contributed by atoms with van der Waals surface area (Å²) in [5, 5.41) is 0. The summed E-state index contributed by atoms with van der Waals surface area (Å²) in [6.07, 6.45) is 7.47. The highest BCUT2D eigenvalue weighted by molar-refractivity contribution is 5.17. The summed E-state index contributed by atoms with van der Waals surface area (Å²) in [6.45, 7) is 16.0. The van der Waals surface area contributed by atoms with E-state index in [0.29, 0.717) is 10.8 Å². The summed E-state index contributed by atoms with van der Waals surface area (Å²) in [5.74, 6) is 6.96. The van der Waals surface area contributed by atoms with Crippen molar-refractivity contribution in [2.45, 2.75) is 97.3 Å². The Morgan fingerprint density at radius 2 is 1.78 bits per heavy atom. The highest BCUT2D eigenvalue weighted by Gasteiger charge is 2.49. The molecule has 0 spiro atoms. The van der Waals surface area contributed by atoms with Crippen LogP contribution in [0.3, 0.4) is 0 Å². The fourth-order valence-corrected chi connectivity index (χ4v) is 5.74. The third kappa shape index (κ3) is 3.94. The highest BCUT2D eigenvalue weighted by atomic mass is 16.5. The lowest BCUT2D eigenvalue weighted by Gasteiger charge is -2.40. The van der Waals surface area contributed by atoms with Crippen molar-refractivity contribution in [3.63, 3.8) is 0 Å². The zero-order chi connectivity index (χ0) is 16.9. The molecule has 2 nitrogen and oxygen atoms in total. The standard InChI is InChI=1S/C21H35NO/c1-18(2)13-17-14-20(5,15-18)16-22(17)12-8-11-21(6)10-7-9-19(3,4)23-21/h17H,7,9-10,12-16H2,1-6H3/t17-,20+,21-/m0/s1. The molecule has 3 rings (SSSR count). The number of hydrogen-bond donors (Lipinski definition) is 0. The molecular formula is C21H35NO. The van der Waals surface area contributed by atoms with Crippen molar-refractivity contribution >= 4 is 0 Å². The van der Waals surface area contributed by atoms with Gasteiger partial charge in [-0.2, -0.15) is 0 Å². The Balaban J connectivity index is 1.64. The number of rotatable bonds is 1. The summed E-state index contributed by atoms with van der Waals surface area (Å²) in [7, 11) is 0. The molecule has 2 saturated heterocycles. The Kier molecular flexibility index (Phi) is 4.14. The van der Waals surface area contributed by atoms with E-state index in [1.165, 1.54) is 32.2 Å². The molecule has 0 aromatic carbocycles. The molecule has 130 valence electrons. The average Bonchev–Trinajstić information content (AvgIpc) is 2.56. The number of ether oxygens (including phenoxy) is 1. The molecule has 1 aliphatic carbocycles. The predicted molar refractivity (Wildman–Crippen MR) is 96.3 cm³/mol. The van der Waals surface area contributed by atoms with Gasteiger partial charge in [0, 0.05) is 12.6 Å². The van der Waals surface area contributed by atoms with E-state index in [9.17, 15) is 0 Å². The van der Waals surface area contributed by atoms with Gasteiger partial charge < -0.3 is 4.74 Å². The van der Waals surface area contributed by atoms with E-state index in [-0.39, 0.29) is 11.2 Å². The number of likely N-dealkylation sites (tertiary alicyclic amines) is 1. The van der Waals surface area contributed by atoms with Crippen LogP contribution in [0.25, 0.3) is 0 Å². The van der Waals surface area contributed by atoms with Gasteiger partial charge in [-0.1, -0.05) is 32.6 Å². The second kappa shape index (κ2) is 5.50. The fourth-order valence-electron chi connectivity index (χ4n) is 5.74. The van der Waals surface area contributed by atoms with Crippen LogP contribution in [0.4, 0.5) is 0 Å². The zero-order valence-electron chi connectivity index (χ0n) is 16.1. The summed E-state index contributed by atoms with van der Waals surface area (Å²) >= 11 is 0. The van der Waals surface area contributed by atoms with E-state index < -0.39 is 0 Å².